The predicted molar refractivity (Wildman–Crippen MR) is 124 cm³/mol. The first-order chi connectivity index (χ1) is 13.2. The van der Waals surface area contributed by atoms with Gasteiger partial charge in [0, 0.05) is 5.92 Å². The lowest BCUT2D eigenvalue weighted by molar-refractivity contribution is 0.443. The molecule has 2 unspecified atom stereocenters. The zero-order valence-electron chi connectivity index (χ0n) is 19.6. The smallest absolute Gasteiger partial charge is 0.119 e. The summed E-state index contributed by atoms with van der Waals surface area (Å²) >= 11 is 0. The minimum Gasteiger partial charge on any atom is -0.508 e. The molecule has 0 heterocycles. The van der Waals surface area contributed by atoms with Gasteiger partial charge in [-0.25, -0.2) is 0 Å². The second kappa shape index (κ2) is 7.89. The fraction of sp³-hybridized carbons (Fsp3) is 0.481. The number of benzene rings is 2. The summed E-state index contributed by atoms with van der Waals surface area (Å²) in [7, 11) is 0. The molecule has 2 heteroatoms. The molecule has 2 aromatic rings. The summed E-state index contributed by atoms with van der Waals surface area (Å²) in [6, 6.07) is 8.07. The van der Waals surface area contributed by atoms with Crippen LogP contribution in [0, 0.1) is 13.8 Å². The van der Waals surface area contributed by atoms with Crippen molar-refractivity contribution in [1.29, 1.82) is 0 Å². The molecule has 0 radical (unpaired) electrons. The van der Waals surface area contributed by atoms with Crippen LogP contribution in [-0.2, 0) is 10.8 Å². The van der Waals surface area contributed by atoms with Gasteiger partial charge in [0.1, 0.15) is 11.5 Å². The van der Waals surface area contributed by atoms with Crippen molar-refractivity contribution in [3.63, 3.8) is 0 Å². The normalized spacial score (nSPS) is 14.5. The number of aryl methyl sites for hydroxylation is 2. The quantitative estimate of drug-likeness (QED) is 0.531. The summed E-state index contributed by atoms with van der Waals surface area (Å²) in [5, 5.41) is 21.0. The lowest BCUT2D eigenvalue weighted by Crippen LogP contribution is -2.16. The number of hydrogen-bond acceptors (Lipinski definition) is 2. The van der Waals surface area contributed by atoms with Gasteiger partial charge in [-0.1, -0.05) is 66.7 Å². The Labute approximate surface area is 177 Å². The van der Waals surface area contributed by atoms with Crippen LogP contribution in [0.5, 0.6) is 11.5 Å². The number of hydrogen-bond donors (Lipinski definition) is 2. The van der Waals surface area contributed by atoms with E-state index in [1.54, 1.807) is 0 Å². The van der Waals surface area contributed by atoms with Gasteiger partial charge >= 0.3 is 0 Å². The average molecular weight is 395 g/mol. The molecule has 2 N–H and O–H groups in total. The van der Waals surface area contributed by atoms with Crippen LogP contribution in [0.4, 0.5) is 0 Å². The summed E-state index contributed by atoms with van der Waals surface area (Å²) < 4.78 is 0. The van der Waals surface area contributed by atoms with E-state index in [-0.39, 0.29) is 22.7 Å². The fourth-order valence-electron chi connectivity index (χ4n) is 4.26. The highest BCUT2D eigenvalue weighted by atomic mass is 16.3. The Balaban J connectivity index is 2.64. The van der Waals surface area contributed by atoms with Gasteiger partial charge in [-0.05, 0) is 76.1 Å². The van der Waals surface area contributed by atoms with E-state index in [1.807, 2.05) is 18.2 Å². The van der Waals surface area contributed by atoms with Gasteiger partial charge in [-0.2, -0.15) is 0 Å². The molecule has 0 fully saturated rings. The second-order valence-corrected chi connectivity index (χ2v) is 10.5. The monoisotopic (exact) mass is 394 g/mol. The van der Waals surface area contributed by atoms with Crippen molar-refractivity contribution in [2.24, 2.45) is 0 Å². The lowest BCUT2D eigenvalue weighted by Gasteiger charge is -2.30. The van der Waals surface area contributed by atoms with E-state index in [2.05, 4.69) is 81.0 Å². The number of allylic oxidation sites excluding steroid dienone is 1. The summed E-state index contributed by atoms with van der Waals surface area (Å²) in [4.78, 5) is 0. The molecule has 158 valence electrons. The molecule has 2 atom stereocenters. The summed E-state index contributed by atoms with van der Waals surface area (Å²) in [5.41, 5.74) is 6.21. The van der Waals surface area contributed by atoms with Crippen LogP contribution in [-0.4, -0.2) is 10.2 Å². The molecule has 0 aliphatic heterocycles. The molecule has 0 amide bonds. The van der Waals surface area contributed by atoms with Gasteiger partial charge < -0.3 is 10.2 Å². The fourth-order valence-corrected chi connectivity index (χ4v) is 4.26. The Morgan fingerprint density at radius 3 is 1.52 bits per heavy atom. The van der Waals surface area contributed by atoms with Crippen molar-refractivity contribution in [1.82, 2.24) is 0 Å². The highest BCUT2D eigenvalue weighted by molar-refractivity contribution is 5.50. The highest BCUT2D eigenvalue weighted by Gasteiger charge is 2.27. The molecule has 0 aliphatic rings. The maximum absolute atomic E-state index is 10.5. The molecule has 0 saturated carbocycles. The SMILES string of the molecule is C=CC(c1cc(C(C)(C)C)c(O)cc1C)C(C)c1cc(C(C)(C)C)c(O)cc1C. The average Bonchev–Trinajstić information content (AvgIpc) is 2.54. The van der Waals surface area contributed by atoms with Gasteiger partial charge in [0.2, 0.25) is 0 Å². The zero-order valence-corrected chi connectivity index (χ0v) is 19.6. The molecule has 2 nitrogen and oxygen atoms in total. The van der Waals surface area contributed by atoms with Crippen molar-refractivity contribution < 1.29 is 10.2 Å². The number of phenols is 2. The Hall–Kier alpha value is -2.22. The summed E-state index contributed by atoms with van der Waals surface area (Å²) in [6.07, 6.45) is 2.01. The Bertz CT molecular complexity index is 908. The van der Waals surface area contributed by atoms with Crippen molar-refractivity contribution in [3.05, 3.63) is 70.3 Å². The van der Waals surface area contributed by atoms with E-state index in [0.717, 1.165) is 22.3 Å². The van der Waals surface area contributed by atoms with E-state index in [9.17, 15) is 10.2 Å². The third-order valence-electron chi connectivity index (χ3n) is 6.03. The molecular formula is C27H38O2. The first-order valence-electron chi connectivity index (χ1n) is 10.5. The maximum atomic E-state index is 10.5. The van der Waals surface area contributed by atoms with E-state index >= 15 is 0 Å². The van der Waals surface area contributed by atoms with Crippen LogP contribution in [0.25, 0.3) is 0 Å². The van der Waals surface area contributed by atoms with Crippen LogP contribution in [0.1, 0.15) is 93.7 Å². The molecule has 2 rings (SSSR count). The topological polar surface area (TPSA) is 40.5 Å². The Morgan fingerprint density at radius 2 is 1.14 bits per heavy atom. The molecule has 0 aromatic heterocycles. The largest absolute Gasteiger partial charge is 0.508 e. The second-order valence-electron chi connectivity index (χ2n) is 10.5. The minimum absolute atomic E-state index is 0.104. The van der Waals surface area contributed by atoms with Crippen LogP contribution >= 0.6 is 0 Å². The standard InChI is InChI=1S/C27H38O2/c1-11-19(21-15-23(27(8,9)10)25(29)13-17(21)3)18(4)20-14-22(26(5,6)7)24(28)12-16(20)2/h11-15,18-19,28-29H,1H2,2-10H3. The van der Waals surface area contributed by atoms with Gasteiger partial charge in [0.05, 0.1) is 0 Å². The zero-order chi connectivity index (χ0) is 22.3. The van der Waals surface area contributed by atoms with Crippen LogP contribution in [0.15, 0.2) is 36.9 Å². The van der Waals surface area contributed by atoms with Gasteiger partial charge in [0.15, 0.2) is 0 Å². The maximum Gasteiger partial charge on any atom is 0.119 e. The molecule has 2 aromatic carbocycles. The molecule has 0 spiro atoms. The third-order valence-corrected chi connectivity index (χ3v) is 6.03. The van der Waals surface area contributed by atoms with E-state index in [1.165, 1.54) is 11.1 Å². The Morgan fingerprint density at radius 1 is 0.759 bits per heavy atom. The molecular weight excluding hydrogens is 356 g/mol. The minimum atomic E-state index is -0.144. The van der Waals surface area contributed by atoms with E-state index in [0.29, 0.717) is 11.5 Å². The van der Waals surface area contributed by atoms with Crippen molar-refractivity contribution >= 4 is 0 Å². The van der Waals surface area contributed by atoms with Crippen LogP contribution in [0.3, 0.4) is 0 Å². The van der Waals surface area contributed by atoms with Crippen LogP contribution in [0.2, 0.25) is 0 Å². The highest BCUT2D eigenvalue weighted by Crippen LogP contribution is 2.43. The van der Waals surface area contributed by atoms with Crippen LogP contribution < -0.4 is 0 Å². The van der Waals surface area contributed by atoms with E-state index < -0.39 is 0 Å². The predicted octanol–water partition coefficient (Wildman–Crippen LogP) is 7.38. The summed E-state index contributed by atoms with van der Waals surface area (Å²) in [5.74, 6) is 1.00. The third kappa shape index (κ3) is 4.69. The Kier molecular flexibility index (Phi) is 6.28. The van der Waals surface area contributed by atoms with Crippen molar-refractivity contribution in [3.8, 4) is 11.5 Å². The molecule has 0 aliphatic carbocycles. The van der Waals surface area contributed by atoms with Crippen molar-refractivity contribution in [2.75, 3.05) is 0 Å². The van der Waals surface area contributed by atoms with Gasteiger partial charge in [0.25, 0.3) is 0 Å². The van der Waals surface area contributed by atoms with Gasteiger partial charge in [-0.3, -0.25) is 0 Å². The number of rotatable bonds is 4. The first-order valence-corrected chi connectivity index (χ1v) is 10.5. The van der Waals surface area contributed by atoms with Gasteiger partial charge in [-0.15, -0.1) is 6.58 Å². The number of aromatic hydroxyl groups is 2. The molecule has 0 bridgehead atoms. The van der Waals surface area contributed by atoms with Crippen molar-refractivity contribution in [2.45, 2.75) is 85.0 Å². The number of phenolic OH excluding ortho intramolecular Hbond substituents is 2. The molecule has 29 heavy (non-hydrogen) atoms. The lowest BCUT2D eigenvalue weighted by atomic mass is 9.75. The summed E-state index contributed by atoms with van der Waals surface area (Å²) in [6.45, 7) is 23.2. The first kappa shape index (κ1) is 23.1. The molecule has 0 saturated heterocycles. The van der Waals surface area contributed by atoms with E-state index in [4.69, 9.17) is 0 Å².